The Bertz CT molecular complexity index is 669. The predicted molar refractivity (Wildman–Crippen MR) is 105 cm³/mol. The van der Waals surface area contributed by atoms with Crippen LogP contribution in [0, 0.1) is 5.82 Å². The molecule has 2 nitrogen and oxygen atoms in total. The fourth-order valence-electron chi connectivity index (χ4n) is 4.63. The molecule has 2 aromatic rings. The first-order chi connectivity index (χ1) is 12.8. The van der Waals surface area contributed by atoms with E-state index in [-0.39, 0.29) is 5.82 Å². The van der Waals surface area contributed by atoms with Crippen molar-refractivity contribution >= 4 is 0 Å². The van der Waals surface area contributed by atoms with Crippen molar-refractivity contribution in [2.24, 2.45) is 0 Å². The van der Waals surface area contributed by atoms with E-state index in [1.807, 2.05) is 12.1 Å². The molecule has 26 heavy (non-hydrogen) atoms. The molecule has 138 valence electrons. The molecule has 1 aliphatic heterocycles. The fourth-order valence-corrected chi connectivity index (χ4v) is 4.63. The molecule has 2 aliphatic rings. The van der Waals surface area contributed by atoms with Crippen LogP contribution in [-0.2, 0) is 6.54 Å². The number of benzene rings is 2. The largest absolute Gasteiger partial charge is 0.298 e. The van der Waals surface area contributed by atoms with E-state index in [0.717, 1.165) is 31.6 Å². The normalized spacial score (nSPS) is 25.3. The SMILES string of the molecule is Fc1ccc(CN2CCN(C3CCC(c4ccccc4)CC3)CC2)cc1. The zero-order chi connectivity index (χ0) is 17.8. The minimum atomic E-state index is -0.148. The van der Waals surface area contributed by atoms with Gasteiger partial charge in [0.15, 0.2) is 0 Å². The van der Waals surface area contributed by atoms with Gasteiger partial charge in [-0.1, -0.05) is 42.5 Å². The van der Waals surface area contributed by atoms with Crippen LogP contribution in [0.15, 0.2) is 54.6 Å². The molecule has 2 aromatic carbocycles. The summed E-state index contributed by atoms with van der Waals surface area (Å²) in [6.45, 7) is 5.52. The molecule has 4 rings (SSSR count). The third-order valence-corrected chi connectivity index (χ3v) is 6.21. The average Bonchev–Trinajstić information content (AvgIpc) is 2.71. The summed E-state index contributed by atoms with van der Waals surface area (Å²) in [5, 5.41) is 0. The van der Waals surface area contributed by atoms with E-state index in [1.165, 1.54) is 49.9 Å². The third kappa shape index (κ3) is 4.33. The first-order valence-electron chi connectivity index (χ1n) is 10.0. The highest BCUT2D eigenvalue weighted by Gasteiger charge is 2.28. The van der Waals surface area contributed by atoms with E-state index in [4.69, 9.17) is 0 Å². The molecule has 0 unspecified atom stereocenters. The number of piperazine rings is 1. The maximum Gasteiger partial charge on any atom is 0.123 e. The first-order valence-corrected chi connectivity index (χ1v) is 10.0. The molecular formula is C23H29FN2. The molecule has 0 amide bonds. The summed E-state index contributed by atoms with van der Waals surface area (Å²) in [4.78, 5) is 5.21. The van der Waals surface area contributed by atoms with Gasteiger partial charge in [0.25, 0.3) is 0 Å². The van der Waals surface area contributed by atoms with Crippen LogP contribution in [0.4, 0.5) is 4.39 Å². The van der Waals surface area contributed by atoms with Gasteiger partial charge in [-0.25, -0.2) is 4.39 Å². The molecule has 3 heteroatoms. The van der Waals surface area contributed by atoms with E-state index in [2.05, 4.69) is 40.1 Å². The Hall–Kier alpha value is -1.71. The third-order valence-electron chi connectivity index (χ3n) is 6.21. The number of halogens is 1. The van der Waals surface area contributed by atoms with Crippen molar-refractivity contribution in [3.05, 3.63) is 71.5 Å². The van der Waals surface area contributed by atoms with Gasteiger partial charge < -0.3 is 0 Å². The molecule has 0 atom stereocenters. The molecule has 1 aliphatic carbocycles. The zero-order valence-electron chi connectivity index (χ0n) is 15.5. The van der Waals surface area contributed by atoms with Crippen molar-refractivity contribution in [3.63, 3.8) is 0 Å². The topological polar surface area (TPSA) is 6.48 Å². The lowest BCUT2D eigenvalue weighted by molar-refractivity contribution is 0.0727. The Morgan fingerprint density at radius 2 is 1.42 bits per heavy atom. The van der Waals surface area contributed by atoms with Gasteiger partial charge in [-0.3, -0.25) is 9.80 Å². The Balaban J connectivity index is 1.23. The second kappa shape index (κ2) is 8.32. The molecule has 1 saturated heterocycles. The summed E-state index contributed by atoms with van der Waals surface area (Å²) in [6, 6.07) is 18.7. The van der Waals surface area contributed by atoms with Crippen molar-refractivity contribution in [1.82, 2.24) is 9.80 Å². The molecule has 2 fully saturated rings. The maximum absolute atomic E-state index is 13.0. The van der Waals surface area contributed by atoms with Crippen LogP contribution in [0.5, 0.6) is 0 Å². The average molecular weight is 352 g/mol. The highest BCUT2D eigenvalue weighted by Crippen LogP contribution is 2.34. The molecule has 0 radical (unpaired) electrons. The van der Waals surface area contributed by atoms with Gasteiger partial charge >= 0.3 is 0 Å². The minimum Gasteiger partial charge on any atom is -0.298 e. The van der Waals surface area contributed by atoms with Crippen molar-refractivity contribution in [3.8, 4) is 0 Å². The van der Waals surface area contributed by atoms with Crippen molar-refractivity contribution < 1.29 is 4.39 Å². The lowest BCUT2D eigenvalue weighted by Gasteiger charge is -2.42. The van der Waals surface area contributed by atoms with E-state index in [0.29, 0.717) is 0 Å². The second-order valence-electron chi connectivity index (χ2n) is 7.85. The molecule has 1 heterocycles. The Morgan fingerprint density at radius 3 is 2.08 bits per heavy atom. The minimum absolute atomic E-state index is 0.148. The summed E-state index contributed by atoms with van der Waals surface area (Å²) < 4.78 is 13.0. The summed E-state index contributed by atoms with van der Waals surface area (Å²) in [7, 11) is 0. The van der Waals surface area contributed by atoms with Crippen LogP contribution >= 0.6 is 0 Å². The molecular weight excluding hydrogens is 323 g/mol. The highest BCUT2D eigenvalue weighted by atomic mass is 19.1. The molecule has 0 aromatic heterocycles. The van der Waals surface area contributed by atoms with Crippen LogP contribution < -0.4 is 0 Å². The lowest BCUT2D eigenvalue weighted by atomic mass is 9.81. The first kappa shape index (κ1) is 17.7. The predicted octanol–water partition coefficient (Wildman–Crippen LogP) is 4.67. The standard InChI is InChI=1S/C23H29FN2/c24-22-10-6-19(7-11-22)18-25-14-16-26(17-15-25)23-12-8-21(9-13-23)20-4-2-1-3-5-20/h1-7,10-11,21,23H,8-9,12-18H2. The zero-order valence-corrected chi connectivity index (χ0v) is 15.5. The number of rotatable bonds is 4. The molecule has 0 spiro atoms. The quantitative estimate of drug-likeness (QED) is 0.789. The van der Waals surface area contributed by atoms with Gasteiger partial charge in [0.2, 0.25) is 0 Å². The Kier molecular flexibility index (Phi) is 5.66. The second-order valence-corrected chi connectivity index (χ2v) is 7.85. The van der Waals surface area contributed by atoms with Crippen LogP contribution in [0.1, 0.15) is 42.7 Å². The van der Waals surface area contributed by atoms with Gasteiger partial charge in [-0.15, -0.1) is 0 Å². The number of nitrogens with zero attached hydrogens (tertiary/aromatic N) is 2. The van der Waals surface area contributed by atoms with Crippen LogP contribution in [0.3, 0.4) is 0 Å². The van der Waals surface area contributed by atoms with E-state index >= 15 is 0 Å². The number of hydrogen-bond acceptors (Lipinski definition) is 2. The van der Waals surface area contributed by atoms with Gasteiger partial charge in [-0.05, 0) is 54.9 Å². The lowest BCUT2D eigenvalue weighted by Crippen LogP contribution is -2.50. The highest BCUT2D eigenvalue weighted by molar-refractivity contribution is 5.20. The summed E-state index contributed by atoms with van der Waals surface area (Å²) >= 11 is 0. The van der Waals surface area contributed by atoms with E-state index in [9.17, 15) is 4.39 Å². The van der Waals surface area contributed by atoms with Gasteiger partial charge in [0.05, 0.1) is 0 Å². The maximum atomic E-state index is 13.0. The Morgan fingerprint density at radius 1 is 0.769 bits per heavy atom. The van der Waals surface area contributed by atoms with Crippen LogP contribution in [-0.4, -0.2) is 42.0 Å². The molecule has 1 saturated carbocycles. The monoisotopic (exact) mass is 352 g/mol. The van der Waals surface area contributed by atoms with E-state index in [1.54, 1.807) is 12.1 Å². The van der Waals surface area contributed by atoms with Gasteiger partial charge in [0, 0.05) is 38.8 Å². The molecule has 0 bridgehead atoms. The van der Waals surface area contributed by atoms with Crippen LogP contribution in [0.2, 0.25) is 0 Å². The fraction of sp³-hybridized carbons (Fsp3) is 0.478. The van der Waals surface area contributed by atoms with Crippen molar-refractivity contribution in [1.29, 1.82) is 0 Å². The van der Waals surface area contributed by atoms with Crippen molar-refractivity contribution in [2.75, 3.05) is 26.2 Å². The number of hydrogen-bond donors (Lipinski definition) is 0. The van der Waals surface area contributed by atoms with Gasteiger partial charge in [0.1, 0.15) is 5.82 Å². The van der Waals surface area contributed by atoms with Gasteiger partial charge in [-0.2, -0.15) is 0 Å². The summed E-state index contributed by atoms with van der Waals surface area (Å²) in [5.74, 6) is 0.608. The Labute approximate surface area is 156 Å². The smallest absolute Gasteiger partial charge is 0.123 e. The van der Waals surface area contributed by atoms with E-state index < -0.39 is 0 Å². The van der Waals surface area contributed by atoms with Crippen LogP contribution in [0.25, 0.3) is 0 Å². The van der Waals surface area contributed by atoms with Crippen molar-refractivity contribution in [2.45, 2.75) is 44.2 Å². The summed E-state index contributed by atoms with van der Waals surface area (Å²) in [5.41, 5.74) is 2.73. The summed E-state index contributed by atoms with van der Waals surface area (Å²) in [6.07, 6.45) is 5.31. The molecule has 0 N–H and O–H groups in total.